The summed E-state index contributed by atoms with van der Waals surface area (Å²) in [6, 6.07) is 4.28. The van der Waals surface area contributed by atoms with E-state index in [0.29, 0.717) is 25.2 Å². The van der Waals surface area contributed by atoms with Gasteiger partial charge in [-0.2, -0.15) is 0 Å². The maximum atomic E-state index is 13.2. The van der Waals surface area contributed by atoms with E-state index in [1.54, 1.807) is 6.07 Å². The van der Waals surface area contributed by atoms with Crippen LogP contribution in [0.5, 0.6) is 0 Å². The van der Waals surface area contributed by atoms with Gasteiger partial charge >= 0.3 is 0 Å². The lowest BCUT2D eigenvalue weighted by molar-refractivity contribution is 0.156. The van der Waals surface area contributed by atoms with Gasteiger partial charge in [-0.3, -0.25) is 4.90 Å². The minimum absolute atomic E-state index is 0.0150. The van der Waals surface area contributed by atoms with Gasteiger partial charge in [0.25, 0.3) is 0 Å². The molecular weight excluding hydrogens is 249 g/mol. The molecule has 0 radical (unpaired) electrons. The molecule has 0 spiro atoms. The van der Waals surface area contributed by atoms with E-state index < -0.39 is 0 Å². The van der Waals surface area contributed by atoms with Crippen LogP contribution in [-0.4, -0.2) is 53.1 Å². The summed E-state index contributed by atoms with van der Waals surface area (Å²) < 4.78 is 13.2. The van der Waals surface area contributed by atoms with Gasteiger partial charge in [-0.25, -0.2) is 4.39 Å². The van der Waals surface area contributed by atoms with Crippen molar-refractivity contribution >= 4 is 0 Å². The van der Waals surface area contributed by atoms with Gasteiger partial charge in [-0.05, 0) is 17.7 Å². The lowest BCUT2D eigenvalue weighted by atomic mass is 10.1. The molecule has 1 aromatic rings. The molecule has 4 nitrogen and oxygen atoms in total. The van der Waals surface area contributed by atoms with E-state index in [1.807, 2.05) is 4.90 Å². The fraction of sp³-hybridized carbons (Fsp3) is 0.429. The van der Waals surface area contributed by atoms with Crippen LogP contribution >= 0.6 is 0 Å². The molecule has 0 unspecified atom stereocenters. The number of nitrogens with zero attached hydrogens (tertiary/aromatic N) is 1. The zero-order chi connectivity index (χ0) is 14.1. The monoisotopic (exact) mass is 267 g/mol. The number of aliphatic hydroxyl groups excluding tert-OH is 3. The number of halogens is 1. The normalized spacial score (nSPS) is 10.4. The van der Waals surface area contributed by atoms with Crippen molar-refractivity contribution in [1.29, 1.82) is 0 Å². The average molecular weight is 267 g/mol. The van der Waals surface area contributed by atoms with Gasteiger partial charge in [0, 0.05) is 25.2 Å². The SMILES string of the molecule is OCC#Cc1cc(F)ccc1CN(CCO)CCO. The second-order valence-electron chi connectivity index (χ2n) is 3.98. The molecule has 0 aromatic heterocycles. The van der Waals surface area contributed by atoms with Crippen molar-refractivity contribution in [3.8, 4) is 11.8 Å². The third-order valence-corrected chi connectivity index (χ3v) is 2.60. The molecule has 3 N–H and O–H groups in total. The van der Waals surface area contributed by atoms with Crippen LogP contribution in [0, 0.1) is 17.7 Å². The topological polar surface area (TPSA) is 63.9 Å². The minimum Gasteiger partial charge on any atom is -0.395 e. The van der Waals surface area contributed by atoms with Gasteiger partial charge in [-0.1, -0.05) is 17.9 Å². The van der Waals surface area contributed by atoms with Crippen LogP contribution in [0.3, 0.4) is 0 Å². The largest absolute Gasteiger partial charge is 0.395 e. The number of rotatable bonds is 6. The number of aliphatic hydroxyl groups is 3. The Hall–Kier alpha value is -1.45. The molecule has 0 heterocycles. The molecule has 0 atom stereocenters. The molecule has 0 aliphatic rings. The van der Waals surface area contributed by atoms with Gasteiger partial charge in [-0.15, -0.1) is 0 Å². The van der Waals surface area contributed by atoms with Crippen LogP contribution in [0.25, 0.3) is 0 Å². The van der Waals surface area contributed by atoms with E-state index in [1.165, 1.54) is 12.1 Å². The van der Waals surface area contributed by atoms with Crippen LogP contribution < -0.4 is 0 Å². The van der Waals surface area contributed by atoms with Crippen LogP contribution in [0.1, 0.15) is 11.1 Å². The standard InChI is InChI=1S/C14H18FNO3/c15-14-4-3-13(12(10-14)2-1-7-17)11-16(5-8-18)6-9-19/h3-4,10,17-19H,5-9,11H2. The highest BCUT2D eigenvalue weighted by Gasteiger charge is 2.08. The summed E-state index contributed by atoms with van der Waals surface area (Å²) in [5.74, 6) is 4.81. The third kappa shape index (κ3) is 5.37. The van der Waals surface area contributed by atoms with E-state index in [9.17, 15) is 4.39 Å². The molecule has 0 aliphatic carbocycles. The summed E-state index contributed by atoms with van der Waals surface area (Å²) in [5, 5.41) is 26.6. The Kier molecular flexibility index (Phi) is 7.08. The Labute approximate surface area is 112 Å². The molecule has 5 heteroatoms. The molecule has 0 saturated carbocycles. The summed E-state index contributed by atoms with van der Waals surface area (Å²) >= 11 is 0. The molecule has 0 amide bonds. The van der Waals surface area contributed by atoms with E-state index in [4.69, 9.17) is 15.3 Å². The Bertz CT molecular complexity index is 448. The van der Waals surface area contributed by atoms with Crippen molar-refractivity contribution in [3.05, 3.63) is 35.1 Å². The fourth-order valence-corrected chi connectivity index (χ4v) is 1.73. The van der Waals surface area contributed by atoms with Crippen LogP contribution in [0.2, 0.25) is 0 Å². The maximum Gasteiger partial charge on any atom is 0.124 e. The molecule has 19 heavy (non-hydrogen) atoms. The number of hydrogen-bond acceptors (Lipinski definition) is 4. The second kappa shape index (κ2) is 8.62. The summed E-state index contributed by atoms with van der Waals surface area (Å²) in [6.45, 7) is 0.983. The third-order valence-electron chi connectivity index (χ3n) is 2.60. The summed E-state index contributed by atoms with van der Waals surface area (Å²) in [6.07, 6.45) is 0. The van der Waals surface area contributed by atoms with Crippen molar-refractivity contribution in [3.63, 3.8) is 0 Å². The van der Waals surface area contributed by atoms with Crippen LogP contribution in [-0.2, 0) is 6.54 Å². The Balaban J connectivity index is 2.91. The predicted molar refractivity (Wildman–Crippen MR) is 69.8 cm³/mol. The summed E-state index contributed by atoms with van der Waals surface area (Å²) in [5.41, 5.74) is 1.30. The van der Waals surface area contributed by atoms with Gasteiger partial charge < -0.3 is 15.3 Å². The Morgan fingerprint density at radius 1 is 1.11 bits per heavy atom. The number of hydrogen-bond donors (Lipinski definition) is 3. The van der Waals surface area contributed by atoms with Gasteiger partial charge in [0.15, 0.2) is 0 Å². The predicted octanol–water partition coefficient (Wildman–Crippen LogP) is -0.0439. The van der Waals surface area contributed by atoms with Crippen molar-refractivity contribution in [2.24, 2.45) is 0 Å². The van der Waals surface area contributed by atoms with Crippen LogP contribution in [0.4, 0.5) is 4.39 Å². The zero-order valence-corrected chi connectivity index (χ0v) is 10.6. The van der Waals surface area contributed by atoms with Crippen molar-refractivity contribution in [1.82, 2.24) is 4.90 Å². The fourth-order valence-electron chi connectivity index (χ4n) is 1.73. The van der Waals surface area contributed by atoms with E-state index >= 15 is 0 Å². The van der Waals surface area contributed by atoms with E-state index in [2.05, 4.69) is 11.8 Å². The molecule has 0 fully saturated rings. The Morgan fingerprint density at radius 3 is 2.37 bits per heavy atom. The Morgan fingerprint density at radius 2 is 1.79 bits per heavy atom. The molecule has 0 bridgehead atoms. The first-order valence-corrected chi connectivity index (χ1v) is 6.03. The first-order valence-electron chi connectivity index (χ1n) is 6.03. The lowest BCUT2D eigenvalue weighted by Gasteiger charge is -2.20. The lowest BCUT2D eigenvalue weighted by Crippen LogP contribution is -2.29. The highest BCUT2D eigenvalue weighted by molar-refractivity contribution is 5.41. The second-order valence-corrected chi connectivity index (χ2v) is 3.98. The quantitative estimate of drug-likeness (QED) is 0.633. The molecule has 1 aromatic carbocycles. The van der Waals surface area contributed by atoms with Crippen molar-refractivity contribution < 1.29 is 19.7 Å². The smallest absolute Gasteiger partial charge is 0.124 e. The molecule has 104 valence electrons. The number of benzene rings is 1. The van der Waals surface area contributed by atoms with Gasteiger partial charge in [0.05, 0.1) is 13.2 Å². The molecular formula is C14H18FNO3. The van der Waals surface area contributed by atoms with Crippen molar-refractivity contribution in [2.45, 2.75) is 6.54 Å². The first kappa shape index (κ1) is 15.6. The van der Waals surface area contributed by atoms with Gasteiger partial charge in [0.1, 0.15) is 12.4 Å². The van der Waals surface area contributed by atoms with E-state index in [0.717, 1.165) is 5.56 Å². The molecule has 0 aliphatic heterocycles. The summed E-state index contributed by atoms with van der Waals surface area (Å²) in [7, 11) is 0. The maximum absolute atomic E-state index is 13.2. The van der Waals surface area contributed by atoms with Crippen molar-refractivity contribution in [2.75, 3.05) is 32.9 Å². The first-order chi connectivity index (χ1) is 9.21. The highest BCUT2D eigenvalue weighted by atomic mass is 19.1. The molecule has 0 saturated heterocycles. The highest BCUT2D eigenvalue weighted by Crippen LogP contribution is 2.13. The van der Waals surface area contributed by atoms with Crippen LogP contribution in [0.15, 0.2) is 18.2 Å². The zero-order valence-electron chi connectivity index (χ0n) is 10.6. The average Bonchev–Trinajstić information content (AvgIpc) is 2.39. The minimum atomic E-state index is -0.387. The van der Waals surface area contributed by atoms with E-state index in [-0.39, 0.29) is 25.6 Å². The molecule has 1 rings (SSSR count). The summed E-state index contributed by atoms with van der Waals surface area (Å²) in [4.78, 5) is 1.84. The van der Waals surface area contributed by atoms with Gasteiger partial charge in [0.2, 0.25) is 0 Å².